The standard InChI is InChI=1S/C39H29Cl2F6NO5S/c40-34-21-28(13-17-32(34)38(42,43)44)24-7-9-26(10-8-24)31(20-23-3-5-27(6-4-23)36(49)2-1-19-54(51,52)53)37(50)48-30-15-11-25(12-16-30)29-14-18-33(35(41)22-29)39(45,46)47/h3-18,21-22,31H,1-2,19-20H2,(H,48,50)(H,51,52,53). The smallest absolute Gasteiger partial charge is 0.326 e. The average Bonchev–Trinajstić information content (AvgIpc) is 3.09. The predicted molar refractivity (Wildman–Crippen MR) is 195 cm³/mol. The predicted octanol–water partition coefficient (Wildman–Crippen LogP) is 11.2. The Bertz CT molecular complexity index is 2260. The zero-order chi connectivity index (χ0) is 39.4. The molecule has 0 saturated carbocycles. The summed E-state index contributed by atoms with van der Waals surface area (Å²) < 4.78 is 110. The lowest BCUT2D eigenvalue weighted by Gasteiger charge is -2.19. The van der Waals surface area contributed by atoms with Crippen molar-refractivity contribution in [1.29, 1.82) is 0 Å². The van der Waals surface area contributed by atoms with Gasteiger partial charge in [0.25, 0.3) is 10.1 Å². The Morgan fingerprint density at radius 2 is 1.13 bits per heavy atom. The van der Waals surface area contributed by atoms with E-state index in [2.05, 4.69) is 5.32 Å². The lowest BCUT2D eigenvalue weighted by Crippen LogP contribution is -2.23. The highest BCUT2D eigenvalue weighted by atomic mass is 35.5. The molecular weight excluding hydrogens is 779 g/mol. The number of anilines is 1. The van der Waals surface area contributed by atoms with E-state index in [9.17, 15) is 44.3 Å². The van der Waals surface area contributed by atoms with E-state index in [0.717, 1.165) is 12.1 Å². The zero-order valence-electron chi connectivity index (χ0n) is 27.8. The molecule has 0 radical (unpaired) electrons. The van der Waals surface area contributed by atoms with Gasteiger partial charge in [-0.3, -0.25) is 14.1 Å². The molecule has 1 atom stereocenters. The lowest BCUT2D eigenvalue weighted by molar-refractivity contribution is -0.138. The van der Waals surface area contributed by atoms with Gasteiger partial charge in [-0.25, -0.2) is 0 Å². The second-order valence-electron chi connectivity index (χ2n) is 12.3. The Morgan fingerprint density at radius 3 is 1.57 bits per heavy atom. The van der Waals surface area contributed by atoms with Gasteiger partial charge in [-0.1, -0.05) is 96.0 Å². The van der Waals surface area contributed by atoms with E-state index in [1.165, 1.54) is 24.3 Å². The molecule has 0 saturated heterocycles. The van der Waals surface area contributed by atoms with Crippen molar-refractivity contribution in [2.24, 2.45) is 0 Å². The number of carbonyl (C=O) groups is 2. The number of hydrogen-bond donors (Lipinski definition) is 2. The average molecular weight is 809 g/mol. The number of halogens is 8. The molecule has 15 heteroatoms. The second-order valence-corrected chi connectivity index (χ2v) is 14.7. The maximum absolute atomic E-state index is 13.9. The summed E-state index contributed by atoms with van der Waals surface area (Å²) in [5.41, 5.74) is 1.92. The van der Waals surface area contributed by atoms with Crippen molar-refractivity contribution in [1.82, 2.24) is 0 Å². The summed E-state index contributed by atoms with van der Waals surface area (Å²) in [7, 11) is -4.21. The number of nitrogens with one attached hydrogen (secondary N) is 1. The molecule has 0 aliphatic heterocycles. The van der Waals surface area contributed by atoms with Crippen LogP contribution in [0.4, 0.5) is 32.0 Å². The third-order valence-corrected chi connectivity index (χ3v) is 9.95. The molecule has 0 aliphatic rings. The molecular formula is C39H29Cl2F6NO5S. The molecule has 0 aromatic heterocycles. The van der Waals surface area contributed by atoms with Crippen LogP contribution < -0.4 is 5.32 Å². The number of ketones is 1. The number of hydrogen-bond acceptors (Lipinski definition) is 4. The van der Waals surface area contributed by atoms with Gasteiger partial charge in [0.05, 0.1) is 32.8 Å². The quantitative estimate of drug-likeness (QED) is 0.0743. The van der Waals surface area contributed by atoms with Gasteiger partial charge in [0, 0.05) is 17.7 Å². The fourth-order valence-corrected chi connectivity index (χ4v) is 6.80. The van der Waals surface area contributed by atoms with Crippen molar-refractivity contribution in [2.75, 3.05) is 11.1 Å². The minimum atomic E-state index is -4.62. The van der Waals surface area contributed by atoms with Gasteiger partial charge in [-0.15, -0.1) is 0 Å². The maximum atomic E-state index is 13.9. The summed E-state index contributed by atoms with van der Waals surface area (Å²) in [5, 5.41) is 1.94. The van der Waals surface area contributed by atoms with Crippen LogP contribution in [0.25, 0.3) is 22.3 Å². The first-order chi connectivity index (χ1) is 25.3. The molecule has 54 heavy (non-hydrogen) atoms. The minimum absolute atomic E-state index is 0.0601. The number of rotatable bonds is 12. The second kappa shape index (κ2) is 16.4. The highest BCUT2D eigenvalue weighted by Gasteiger charge is 2.34. The SMILES string of the molecule is O=C(CCCS(=O)(=O)O)c1ccc(CC(C(=O)Nc2ccc(-c3ccc(C(F)(F)F)c(Cl)c3)cc2)c2ccc(-c3ccc(C(F)(F)F)c(Cl)c3)cc2)cc1. The van der Waals surface area contributed by atoms with Crippen LogP contribution in [0.5, 0.6) is 0 Å². The number of amides is 1. The molecule has 5 aromatic carbocycles. The highest BCUT2D eigenvalue weighted by Crippen LogP contribution is 2.38. The Hall–Kier alpha value is -4.69. The Labute approximate surface area is 316 Å². The van der Waals surface area contributed by atoms with E-state index in [1.54, 1.807) is 72.8 Å². The van der Waals surface area contributed by atoms with Crippen LogP contribution in [0.1, 0.15) is 51.4 Å². The summed E-state index contributed by atoms with van der Waals surface area (Å²) in [5.74, 6) is -2.14. The molecule has 282 valence electrons. The van der Waals surface area contributed by atoms with Gasteiger partial charge in [0.2, 0.25) is 5.91 Å². The molecule has 5 rings (SSSR count). The van der Waals surface area contributed by atoms with Gasteiger partial charge in [-0.05, 0) is 82.6 Å². The largest absolute Gasteiger partial charge is 0.417 e. The highest BCUT2D eigenvalue weighted by molar-refractivity contribution is 7.85. The number of carbonyl (C=O) groups excluding carboxylic acids is 2. The van der Waals surface area contributed by atoms with Crippen LogP contribution in [-0.4, -0.2) is 30.4 Å². The summed E-state index contributed by atoms with van der Waals surface area (Å²) >= 11 is 11.8. The van der Waals surface area contributed by atoms with E-state index in [1.807, 2.05) is 0 Å². The Balaban J connectivity index is 1.38. The van der Waals surface area contributed by atoms with Gasteiger partial charge < -0.3 is 5.32 Å². The number of Topliss-reactive ketones (excluding diaryl/α,β-unsaturated/α-hetero) is 1. The van der Waals surface area contributed by atoms with Crippen LogP contribution in [0.3, 0.4) is 0 Å². The molecule has 0 aliphatic carbocycles. The molecule has 0 spiro atoms. The zero-order valence-corrected chi connectivity index (χ0v) is 30.1. The van der Waals surface area contributed by atoms with E-state index in [0.29, 0.717) is 44.6 Å². The van der Waals surface area contributed by atoms with Crippen molar-refractivity contribution in [3.8, 4) is 22.3 Å². The molecule has 1 unspecified atom stereocenters. The number of alkyl halides is 6. The summed E-state index contributed by atoms with van der Waals surface area (Å²) in [4.78, 5) is 26.4. The van der Waals surface area contributed by atoms with Crippen molar-refractivity contribution < 1.29 is 48.9 Å². The molecule has 0 bridgehead atoms. The number of benzene rings is 5. The van der Waals surface area contributed by atoms with Gasteiger partial charge in [-0.2, -0.15) is 34.8 Å². The van der Waals surface area contributed by atoms with Crippen molar-refractivity contribution in [3.05, 3.63) is 147 Å². The maximum Gasteiger partial charge on any atom is 0.417 e. The summed E-state index contributed by atoms with van der Waals surface area (Å²) in [6, 6.07) is 26.2. The fraction of sp³-hybridized carbons (Fsp3) is 0.179. The third kappa shape index (κ3) is 10.5. The molecule has 0 fully saturated rings. The van der Waals surface area contributed by atoms with E-state index in [4.69, 9.17) is 27.8 Å². The first-order valence-corrected chi connectivity index (χ1v) is 18.5. The molecule has 1 amide bonds. The minimum Gasteiger partial charge on any atom is -0.326 e. The normalized spacial score (nSPS) is 12.7. The molecule has 0 heterocycles. The van der Waals surface area contributed by atoms with Gasteiger partial charge >= 0.3 is 12.4 Å². The monoisotopic (exact) mass is 807 g/mol. The van der Waals surface area contributed by atoms with Crippen LogP contribution >= 0.6 is 23.2 Å². The van der Waals surface area contributed by atoms with Crippen molar-refractivity contribution >= 4 is 50.7 Å². The van der Waals surface area contributed by atoms with Crippen LogP contribution in [-0.2, 0) is 33.7 Å². The molecule has 5 aromatic rings. The van der Waals surface area contributed by atoms with Crippen molar-refractivity contribution in [3.63, 3.8) is 0 Å². The van der Waals surface area contributed by atoms with Crippen LogP contribution in [0.2, 0.25) is 10.0 Å². The summed E-state index contributed by atoms with van der Waals surface area (Å²) in [6.07, 6.45) is -9.24. The third-order valence-electron chi connectivity index (χ3n) is 8.52. The molecule has 2 N–H and O–H groups in total. The lowest BCUT2D eigenvalue weighted by atomic mass is 9.89. The van der Waals surface area contributed by atoms with E-state index in [-0.39, 0.29) is 25.0 Å². The van der Waals surface area contributed by atoms with E-state index < -0.39 is 61.2 Å². The summed E-state index contributed by atoms with van der Waals surface area (Å²) in [6.45, 7) is 0. The Morgan fingerprint density at radius 1 is 0.667 bits per heavy atom. The first kappa shape index (κ1) is 40.5. The van der Waals surface area contributed by atoms with Crippen molar-refractivity contribution in [2.45, 2.75) is 37.5 Å². The van der Waals surface area contributed by atoms with Gasteiger partial charge in [0.15, 0.2) is 5.78 Å². The van der Waals surface area contributed by atoms with Crippen LogP contribution in [0.15, 0.2) is 109 Å². The molecule has 6 nitrogen and oxygen atoms in total. The van der Waals surface area contributed by atoms with Gasteiger partial charge in [0.1, 0.15) is 0 Å². The first-order valence-electron chi connectivity index (χ1n) is 16.1. The topological polar surface area (TPSA) is 101 Å². The Kier molecular flexibility index (Phi) is 12.3. The van der Waals surface area contributed by atoms with E-state index >= 15 is 0 Å². The van der Waals surface area contributed by atoms with Crippen LogP contribution in [0, 0.1) is 0 Å². The fourth-order valence-electron chi connectivity index (χ4n) is 5.72.